The Labute approximate surface area is 121 Å². The largest absolute Gasteiger partial charge is 0.273 e. The smallest absolute Gasteiger partial charge is 0.242 e. The first-order valence-electron chi connectivity index (χ1n) is 6.31. The van der Waals surface area contributed by atoms with E-state index in [-0.39, 0.29) is 11.8 Å². The average molecular weight is 280 g/mol. The fraction of sp³-hybridized carbons (Fsp3) is 0.286. The molecule has 7 heteroatoms. The van der Waals surface area contributed by atoms with Crippen LogP contribution in [0.1, 0.15) is 18.9 Å². The lowest BCUT2D eigenvalue weighted by Gasteiger charge is -2.19. The molecule has 1 aromatic rings. The van der Waals surface area contributed by atoms with Crippen LogP contribution in [-0.2, 0) is 4.79 Å². The van der Waals surface area contributed by atoms with Crippen LogP contribution in [0.4, 0.5) is 5.69 Å². The minimum atomic E-state index is -1.09. The number of nitrogens with zero attached hydrogens (tertiary/aromatic N) is 5. The maximum Gasteiger partial charge on any atom is 0.242 e. The SMILES string of the molecule is CC1CC(=O)NN=C1c1ccc(N=NC(C#N)C#N)cc1. The van der Waals surface area contributed by atoms with Gasteiger partial charge in [0.2, 0.25) is 11.9 Å². The maximum atomic E-state index is 11.2. The molecule has 7 nitrogen and oxygen atoms in total. The van der Waals surface area contributed by atoms with Gasteiger partial charge in [-0.2, -0.15) is 25.9 Å². The molecule has 0 saturated heterocycles. The monoisotopic (exact) mass is 280 g/mol. The zero-order valence-electron chi connectivity index (χ0n) is 11.3. The summed E-state index contributed by atoms with van der Waals surface area (Å²) in [4.78, 5) is 11.2. The molecular weight excluding hydrogens is 268 g/mol. The molecule has 1 amide bonds. The van der Waals surface area contributed by atoms with Gasteiger partial charge in [0.1, 0.15) is 12.1 Å². The van der Waals surface area contributed by atoms with Crippen LogP contribution in [-0.4, -0.2) is 17.7 Å². The molecule has 1 atom stereocenters. The predicted octanol–water partition coefficient (Wildman–Crippen LogP) is 2.05. The maximum absolute atomic E-state index is 11.2. The molecule has 1 heterocycles. The lowest BCUT2D eigenvalue weighted by atomic mass is 9.94. The van der Waals surface area contributed by atoms with Crippen molar-refractivity contribution < 1.29 is 4.79 Å². The van der Waals surface area contributed by atoms with Crippen molar-refractivity contribution in [1.82, 2.24) is 5.43 Å². The highest BCUT2D eigenvalue weighted by atomic mass is 16.2. The minimum absolute atomic E-state index is 0.0489. The molecule has 0 fully saturated rings. The fourth-order valence-electron chi connectivity index (χ4n) is 1.91. The summed E-state index contributed by atoms with van der Waals surface area (Å²) in [6.45, 7) is 1.94. The Morgan fingerprint density at radius 1 is 1.33 bits per heavy atom. The van der Waals surface area contributed by atoms with Crippen LogP contribution in [0.25, 0.3) is 0 Å². The summed E-state index contributed by atoms with van der Waals surface area (Å²) in [5.74, 6) is -0.0384. The van der Waals surface area contributed by atoms with Crippen molar-refractivity contribution >= 4 is 17.3 Å². The number of hydrogen-bond donors (Lipinski definition) is 1. The van der Waals surface area contributed by atoms with Gasteiger partial charge >= 0.3 is 0 Å². The molecule has 1 aromatic carbocycles. The van der Waals surface area contributed by atoms with Crippen molar-refractivity contribution in [2.45, 2.75) is 19.4 Å². The molecule has 0 aromatic heterocycles. The molecule has 0 aliphatic carbocycles. The third-order valence-corrected chi connectivity index (χ3v) is 2.96. The number of hydrazone groups is 1. The van der Waals surface area contributed by atoms with Gasteiger partial charge in [0.05, 0.1) is 11.4 Å². The van der Waals surface area contributed by atoms with Crippen LogP contribution in [0.2, 0.25) is 0 Å². The van der Waals surface area contributed by atoms with E-state index in [0.29, 0.717) is 12.1 Å². The van der Waals surface area contributed by atoms with Crippen molar-refractivity contribution in [3.63, 3.8) is 0 Å². The lowest BCUT2D eigenvalue weighted by Crippen LogP contribution is -2.31. The summed E-state index contributed by atoms with van der Waals surface area (Å²) in [6, 6.07) is 9.40. The highest BCUT2D eigenvalue weighted by Crippen LogP contribution is 2.20. The first-order valence-corrected chi connectivity index (χ1v) is 6.31. The summed E-state index contributed by atoms with van der Waals surface area (Å²) in [7, 11) is 0. The highest BCUT2D eigenvalue weighted by Gasteiger charge is 2.21. The molecular formula is C14H12N6O. The number of nitrogens with one attached hydrogen (secondary N) is 1. The van der Waals surface area contributed by atoms with Crippen molar-refractivity contribution in [2.24, 2.45) is 21.2 Å². The van der Waals surface area contributed by atoms with Gasteiger partial charge in [-0.25, -0.2) is 5.43 Å². The Kier molecular flexibility index (Phi) is 4.37. The van der Waals surface area contributed by atoms with Gasteiger partial charge < -0.3 is 0 Å². The van der Waals surface area contributed by atoms with E-state index in [9.17, 15) is 4.79 Å². The topological polar surface area (TPSA) is 114 Å². The molecule has 21 heavy (non-hydrogen) atoms. The van der Waals surface area contributed by atoms with E-state index in [1.165, 1.54) is 0 Å². The number of carbonyl (C=O) groups excluding carboxylic acids is 1. The first-order chi connectivity index (χ1) is 10.1. The number of carbonyl (C=O) groups is 1. The van der Waals surface area contributed by atoms with Gasteiger partial charge in [-0.3, -0.25) is 4.79 Å². The van der Waals surface area contributed by atoms with Crippen LogP contribution < -0.4 is 5.43 Å². The second-order valence-corrected chi connectivity index (χ2v) is 4.56. The summed E-state index contributed by atoms with van der Waals surface area (Å²) in [5.41, 5.74) is 4.71. The van der Waals surface area contributed by atoms with Crippen molar-refractivity contribution in [1.29, 1.82) is 10.5 Å². The Hall–Kier alpha value is -3.06. The summed E-state index contributed by atoms with van der Waals surface area (Å²) in [5, 5.41) is 28.7. The molecule has 1 unspecified atom stereocenters. The van der Waals surface area contributed by atoms with Gasteiger partial charge in [-0.1, -0.05) is 19.1 Å². The van der Waals surface area contributed by atoms with E-state index < -0.39 is 6.04 Å². The van der Waals surface area contributed by atoms with Gasteiger partial charge in [0, 0.05) is 12.3 Å². The molecule has 1 aliphatic heterocycles. The van der Waals surface area contributed by atoms with Crippen LogP contribution in [0, 0.1) is 28.6 Å². The van der Waals surface area contributed by atoms with Gasteiger partial charge in [-0.05, 0) is 17.7 Å². The number of nitriles is 2. The predicted molar refractivity (Wildman–Crippen MR) is 74.4 cm³/mol. The number of amides is 1. The van der Waals surface area contributed by atoms with Crippen molar-refractivity contribution in [3.8, 4) is 12.1 Å². The lowest BCUT2D eigenvalue weighted by molar-refractivity contribution is -0.121. The van der Waals surface area contributed by atoms with E-state index in [2.05, 4.69) is 20.8 Å². The molecule has 0 bridgehead atoms. The van der Waals surface area contributed by atoms with Gasteiger partial charge in [-0.15, -0.1) is 0 Å². The zero-order chi connectivity index (χ0) is 15.2. The number of benzene rings is 1. The van der Waals surface area contributed by atoms with Gasteiger partial charge in [0.15, 0.2) is 0 Å². The van der Waals surface area contributed by atoms with E-state index in [0.717, 1.165) is 11.3 Å². The van der Waals surface area contributed by atoms with Crippen molar-refractivity contribution in [2.75, 3.05) is 0 Å². The summed E-state index contributed by atoms with van der Waals surface area (Å²) >= 11 is 0. The second-order valence-electron chi connectivity index (χ2n) is 4.56. The van der Waals surface area contributed by atoms with Crippen LogP contribution in [0.15, 0.2) is 39.6 Å². The molecule has 1 N–H and O–H groups in total. The molecule has 0 radical (unpaired) electrons. The Balaban J connectivity index is 2.15. The van der Waals surface area contributed by atoms with Crippen LogP contribution >= 0.6 is 0 Å². The highest BCUT2D eigenvalue weighted by molar-refractivity contribution is 6.05. The zero-order valence-corrected chi connectivity index (χ0v) is 11.3. The number of hydrogen-bond acceptors (Lipinski definition) is 6. The van der Waals surface area contributed by atoms with Gasteiger partial charge in [0.25, 0.3) is 0 Å². The van der Waals surface area contributed by atoms with E-state index >= 15 is 0 Å². The normalized spacial score (nSPS) is 18.0. The number of rotatable bonds is 3. The van der Waals surface area contributed by atoms with Crippen LogP contribution in [0.3, 0.4) is 0 Å². The third-order valence-electron chi connectivity index (χ3n) is 2.96. The molecule has 0 spiro atoms. The minimum Gasteiger partial charge on any atom is -0.273 e. The van der Waals surface area contributed by atoms with E-state index in [1.54, 1.807) is 24.3 Å². The second kappa shape index (κ2) is 6.40. The summed E-state index contributed by atoms with van der Waals surface area (Å²) < 4.78 is 0. The average Bonchev–Trinajstić information content (AvgIpc) is 2.49. The van der Waals surface area contributed by atoms with E-state index in [4.69, 9.17) is 10.5 Å². The van der Waals surface area contributed by atoms with E-state index in [1.807, 2.05) is 19.1 Å². The molecule has 1 aliphatic rings. The van der Waals surface area contributed by atoms with Crippen molar-refractivity contribution in [3.05, 3.63) is 29.8 Å². The number of azo groups is 1. The quantitative estimate of drug-likeness (QED) is 0.854. The molecule has 104 valence electrons. The fourth-order valence-corrected chi connectivity index (χ4v) is 1.91. The van der Waals surface area contributed by atoms with Crippen LogP contribution in [0.5, 0.6) is 0 Å². The summed E-state index contributed by atoms with van der Waals surface area (Å²) in [6.07, 6.45) is 0.409. The Morgan fingerprint density at radius 3 is 2.57 bits per heavy atom. The third kappa shape index (κ3) is 3.48. The Morgan fingerprint density at radius 2 is 2.00 bits per heavy atom. The molecule has 2 rings (SSSR count). The Bertz CT molecular complexity index is 663. The molecule has 0 saturated carbocycles. The first kappa shape index (κ1) is 14.4. The standard InChI is InChI=1S/C14H12N6O/c1-9-6-13(21)19-20-14(9)10-2-4-11(5-3-10)17-18-12(7-15)8-16/h2-5,9,12H,6H2,1H3,(H,19,21).